The molecule has 1 fully saturated rings. The molecule has 0 saturated carbocycles. The number of likely N-dealkylation sites (N-methyl/N-ethyl adjacent to an activating group) is 1. The minimum atomic E-state index is -0.882. The Bertz CT molecular complexity index is 1530. The number of alkyl halides is 1. The van der Waals surface area contributed by atoms with Crippen LogP contribution in [0.1, 0.15) is 57.1 Å². The zero-order valence-electron chi connectivity index (χ0n) is 25.7. The number of imide groups is 1. The summed E-state index contributed by atoms with van der Waals surface area (Å²) in [5, 5.41) is 5.66. The van der Waals surface area contributed by atoms with Gasteiger partial charge in [-0.3, -0.25) is 33.8 Å². The highest BCUT2D eigenvalue weighted by atomic mass is 79.9. The van der Waals surface area contributed by atoms with Gasteiger partial charge in [0.15, 0.2) is 0 Å². The lowest BCUT2D eigenvalue weighted by molar-refractivity contribution is -0.142. The van der Waals surface area contributed by atoms with E-state index >= 15 is 0 Å². The summed E-state index contributed by atoms with van der Waals surface area (Å²) in [5.41, 5.74) is 2.60. The van der Waals surface area contributed by atoms with Crippen molar-refractivity contribution in [3.05, 3.63) is 107 Å². The predicted octanol–water partition coefficient (Wildman–Crippen LogP) is 3.53. The monoisotopic (exact) mass is 687 g/mol. The summed E-state index contributed by atoms with van der Waals surface area (Å²) in [6, 6.07) is 24.1. The first-order valence-corrected chi connectivity index (χ1v) is 16.4. The third-order valence-electron chi connectivity index (χ3n) is 8.42. The third-order valence-corrected chi connectivity index (χ3v) is 9.29. The molecule has 240 valence electrons. The number of hydrogen-bond acceptors (Lipinski definition) is 6. The van der Waals surface area contributed by atoms with E-state index in [4.69, 9.17) is 0 Å². The maximum atomic E-state index is 14.1. The van der Waals surface area contributed by atoms with Crippen LogP contribution in [-0.4, -0.2) is 88.3 Å². The van der Waals surface area contributed by atoms with Crippen molar-refractivity contribution in [3.63, 3.8) is 0 Å². The molecular formula is C35H38BrN5O5. The molecule has 10 nitrogen and oxygen atoms in total. The van der Waals surface area contributed by atoms with Crippen molar-refractivity contribution >= 4 is 45.5 Å². The van der Waals surface area contributed by atoms with E-state index in [0.717, 1.165) is 5.56 Å². The Morgan fingerprint density at radius 2 is 1.43 bits per heavy atom. The molecule has 46 heavy (non-hydrogen) atoms. The second-order valence-corrected chi connectivity index (χ2v) is 12.6. The van der Waals surface area contributed by atoms with Crippen LogP contribution in [-0.2, 0) is 20.9 Å². The summed E-state index contributed by atoms with van der Waals surface area (Å²) in [6.07, 6.45) is 1.55. The highest BCUT2D eigenvalue weighted by Gasteiger charge is 2.39. The van der Waals surface area contributed by atoms with Crippen LogP contribution in [0, 0.1) is 0 Å². The average molecular weight is 689 g/mol. The lowest BCUT2D eigenvalue weighted by atomic mass is 10.0. The van der Waals surface area contributed by atoms with Gasteiger partial charge in [0.05, 0.1) is 16.0 Å². The first kappa shape index (κ1) is 33.0. The Morgan fingerprint density at radius 1 is 0.826 bits per heavy atom. The zero-order valence-corrected chi connectivity index (χ0v) is 27.3. The summed E-state index contributed by atoms with van der Waals surface area (Å²) in [6.45, 7) is 1.95. The Hall–Kier alpha value is -4.35. The molecule has 5 rings (SSSR count). The quantitative estimate of drug-likeness (QED) is 0.171. The Labute approximate surface area is 277 Å². The molecule has 2 heterocycles. The smallest absolute Gasteiger partial charge is 0.261 e. The molecule has 11 heteroatoms. The van der Waals surface area contributed by atoms with Gasteiger partial charge >= 0.3 is 0 Å². The fourth-order valence-corrected chi connectivity index (χ4v) is 6.47. The average Bonchev–Trinajstić information content (AvgIpc) is 3.22. The zero-order chi connectivity index (χ0) is 32.6. The number of carbonyl (C=O) groups excluding carboxylic acids is 5. The van der Waals surface area contributed by atoms with Gasteiger partial charge in [0.2, 0.25) is 17.7 Å². The second-order valence-electron chi connectivity index (χ2n) is 11.5. The molecule has 2 N–H and O–H groups in total. The largest absolute Gasteiger partial charge is 0.357 e. The van der Waals surface area contributed by atoms with Crippen LogP contribution in [0.2, 0.25) is 0 Å². The fraction of sp³-hybridized carbons (Fsp3) is 0.343. The van der Waals surface area contributed by atoms with Gasteiger partial charge in [-0.15, -0.1) is 0 Å². The van der Waals surface area contributed by atoms with E-state index in [9.17, 15) is 24.0 Å². The minimum Gasteiger partial charge on any atom is -0.357 e. The van der Waals surface area contributed by atoms with Gasteiger partial charge in [-0.1, -0.05) is 95.1 Å². The molecule has 0 aromatic heterocycles. The van der Waals surface area contributed by atoms with Crippen LogP contribution in [0.25, 0.3) is 0 Å². The molecule has 0 radical (unpaired) electrons. The summed E-state index contributed by atoms with van der Waals surface area (Å²) in [5.74, 6) is -1.56. The van der Waals surface area contributed by atoms with Crippen LogP contribution in [0.15, 0.2) is 84.9 Å². The van der Waals surface area contributed by atoms with Crippen LogP contribution < -0.4 is 10.6 Å². The van der Waals surface area contributed by atoms with Crippen LogP contribution >= 0.6 is 15.9 Å². The SMILES string of the molecule is CNC(=O)C(c1ccccc1)N1CCN(Cc2ccccc2)CC(NC(=O)C(Br)CCCCN2C(=O)c3ccccc3C2=O)C1=O. The second kappa shape index (κ2) is 15.3. The third kappa shape index (κ3) is 7.54. The van der Waals surface area contributed by atoms with Crippen molar-refractivity contribution in [1.82, 2.24) is 25.3 Å². The Kier molecular flexibility index (Phi) is 11.0. The number of halogens is 1. The lowest BCUT2D eigenvalue weighted by Crippen LogP contribution is -2.54. The molecule has 0 aliphatic carbocycles. The predicted molar refractivity (Wildman–Crippen MR) is 177 cm³/mol. The molecule has 3 atom stereocenters. The molecule has 2 aliphatic rings. The van der Waals surface area contributed by atoms with E-state index in [0.29, 0.717) is 55.6 Å². The van der Waals surface area contributed by atoms with Crippen molar-refractivity contribution in [2.75, 3.05) is 33.2 Å². The summed E-state index contributed by atoms with van der Waals surface area (Å²) < 4.78 is 0. The Balaban J connectivity index is 1.25. The molecule has 3 unspecified atom stereocenters. The van der Waals surface area contributed by atoms with Gasteiger partial charge < -0.3 is 15.5 Å². The van der Waals surface area contributed by atoms with Gasteiger partial charge in [-0.05, 0) is 36.1 Å². The van der Waals surface area contributed by atoms with Crippen molar-refractivity contribution in [2.24, 2.45) is 0 Å². The molecule has 1 saturated heterocycles. The maximum absolute atomic E-state index is 14.1. The van der Waals surface area contributed by atoms with Crippen molar-refractivity contribution < 1.29 is 24.0 Å². The van der Waals surface area contributed by atoms with Crippen LogP contribution in [0.5, 0.6) is 0 Å². The number of fused-ring (bicyclic) bond motifs is 1. The number of amides is 5. The van der Waals surface area contributed by atoms with E-state index in [2.05, 4.69) is 31.5 Å². The van der Waals surface area contributed by atoms with E-state index in [1.807, 2.05) is 60.7 Å². The maximum Gasteiger partial charge on any atom is 0.261 e. The number of nitrogens with zero attached hydrogens (tertiary/aromatic N) is 3. The first-order valence-electron chi connectivity index (χ1n) is 15.5. The van der Waals surface area contributed by atoms with E-state index < -0.39 is 16.9 Å². The molecule has 3 aromatic rings. The van der Waals surface area contributed by atoms with E-state index in [1.165, 1.54) is 4.90 Å². The number of nitrogens with one attached hydrogen (secondary N) is 2. The van der Waals surface area contributed by atoms with Crippen molar-refractivity contribution in [1.29, 1.82) is 0 Å². The van der Waals surface area contributed by atoms with E-state index in [-0.39, 0.29) is 42.6 Å². The number of carbonyl (C=O) groups is 5. The van der Waals surface area contributed by atoms with Gasteiger partial charge in [-0.25, -0.2) is 0 Å². The normalized spacial score (nSPS) is 18.1. The highest BCUT2D eigenvalue weighted by Crippen LogP contribution is 2.26. The van der Waals surface area contributed by atoms with Gasteiger partial charge in [0, 0.05) is 39.8 Å². The number of hydrogen-bond donors (Lipinski definition) is 2. The molecular weight excluding hydrogens is 650 g/mol. The minimum absolute atomic E-state index is 0.262. The number of rotatable bonds is 12. The first-order chi connectivity index (χ1) is 22.3. The van der Waals surface area contributed by atoms with Crippen molar-refractivity contribution in [3.8, 4) is 0 Å². The topological polar surface area (TPSA) is 119 Å². The standard InChI is InChI=1S/C35H38BrN5O5/c1-37-32(43)30(25-14-6-3-7-15-25)40-21-20-39(22-24-12-4-2-5-13-24)23-29(35(40)46)38-31(42)28(36)18-10-11-19-41-33(44)26-16-8-9-17-27(26)34(41)45/h2-9,12-17,28-30H,10-11,18-23H2,1H3,(H,37,43)(H,38,42). The van der Waals surface area contributed by atoms with Crippen LogP contribution in [0.3, 0.4) is 0 Å². The molecule has 2 aliphatic heterocycles. The molecule has 5 amide bonds. The van der Waals surface area contributed by atoms with Gasteiger partial charge in [0.25, 0.3) is 11.8 Å². The fourth-order valence-electron chi connectivity index (χ4n) is 6.01. The Morgan fingerprint density at radius 3 is 2.07 bits per heavy atom. The summed E-state index contributed by atoms with van der Waals surface area (Å²) in [4.78, 5) is 70.4. The highest BCUT2D eigenvalue weighted by molar-refractivity contribution is 9.10. The summed E-state index contributed by atoms with van der Waals surface area (Å²) in [7, 11) is 1.55. The molecule has 0 bridgehead atoms. The number of benzene rings is 3. The summed E-state index contributed by atoms with van der Waals surface area (Å²) >= 11 is 3.49. The lowest BCUT2D eigenvalue weighted by Gasteiger charge is -2.32. The van der Waals surface area contributed by atoms with Crippen molar-refractivity contribution in [2.45, 2.75) is 42.7 Å². The molecule has 0 spiro atoms. The number of unbranched alkanes of at least 4 members (excludes halogenated alkanes) is 1. The van der Waals surface area contributed by atoms with E-state index in [1.54, 1.807) is 36.2 Å². The van der Waals surface area contributed by atoms with Crippen LogP contribution in [0.4, 0.5) is 0 Å². The molecule has 3 aromatic carbocycles. The van der Waals surface area contributed by atoms with Gasteiger partial charge in [0.1, 0.15) is 12.1 Å². The van der Waals surface area contributed by atoms with Gasteiger partial charge in [-0.2, -0.15) is 0 Å².